The molecule has 0 aromatic carbocycles. The first-order valence-corrected chi connectivity index (χ1v) is 7.30. The van der Waals surface area contributed by atoms with Gasteiger partial charge in [-0.25, -0.2) is 0 Å². The molecule has 1 amide bonds. The Morgan fingerprint density at radius 2 is 2.27 bits per heavy atom. The van der Waals surface area contributed by atoms with Gasteiger partial charge in [-0.1, -0.05) is 31.4 Å². The van der Waals surface area contributed by atoms with E-state index in [1.807, 2.05) is 13.0 Å². The van der Waals surface area contributed by atoms with Crippen molar-refractivity contribution in [3.8, 4) is 6.07 Å². The Balaban J connectivity index is 2.97. The van der Waals surface area contributed by atoms with Gasteiger partial charge in [0.1, 0.15) is 11.6 Å². The summed E-state index contributed by atoms with van der Waals surface area (Å²) in [6, 6.07) is 3.35. The molecule has 0 unspecified atom stereocenters. The van der Waals surface area contributed by atoms with Crippen LogP contribution in [0.15, 0.2) is 65.5 Å². The minimum Gasteiger partial charge on any atom is -0.345 e. The van der Waals surface area contributed by atoms with Crippen molar-refractivity contribution in [1.82, 2.24) is 10.3 Å². The van der Waals surface area contributed by atoms with Crippen LogP contribution in [-0.4, -0.2) is 16.9 Å². The molecule has 4 nitrogen and oxygen atoms in total. The summed E-state index contributed by atoms with van der Waals surface area (Å²) in [6.45, 7) is 9.12. The van der Waals surface area contributed by atoms with E-state index >= 15 is 0 Å². The van der Waals surface area contributed by atoms with Gasteiger partial charge in [0, 0.05) is 16.9 Å². The topological polar surface area (TPSA) is 65.8 Å². The Labute approximate surface area is 138 Å². The molecule has 0 saturated carbocycles. The molecule has 0 spiro atoms. The zero-order valence-corrected chi connectivity index (χ0v) is 13.8. The molecule has 0 radical (unpaired) electrons. The third-order valence-corrected chi connectivity index (χ3v) is 3.52. The minimum absolute atomic E-state index is 0.0146. The highest BCUT2D eigenvalue weighted by Gasteiger charge is 2.14. The van der Waals surface area contributed by atoms with E-state index in [1.54, 1.807) is 36.7 Å². The predicted molar refractivity (Wildman–Crippen MR) is 91.6 cm³/mol. The van der Waals surface area contributed by atoms with Gasteiger partial charge in [-0.2, -0.15) is 5.26 Å². The van der Waals surface area contributed by atoms with E-state index in [2.05, 4.69) is 39.4 Å². The molecule has 0 aliphatic heterocycles. The van der Waals surface area contributed by atoms with E-state index in [0.717, 1.165) is 5.57 Å². The zero-order chi connectivity index (χ0) is 16.5. The number of amides is 1. The molecular weight excluding hydrogens is 342 g/mol. The van der Waals surface area contributed by atoms with Crippen molar-refractivity contribution in [3.63, 3.8) is 0 Å². The molecule has 0 bridgehead atoms. The average molecular weight is 358 g/mol. The van der Waals surface area contributed by atoms with Crippen LogP contribution in [0, 0.1) is 11.3 Å². The maximum Gasteiger partial charge on any atom is 0.262 e. The Morgan fingerprint density at radius 3 is 2.82 bits per heavy atom. The van der Waals surface area contributed by atoms with Crippen LogP contribution >= 0.6 is 15.9 Å². The smallest absolute Gasteiger partial charge is 0.262 e. The van der Waals surface area contributed by atoms with Gasteiger partial charge >= 0.3 is 0 Å². The molecule has 0 aliphatic carbocycles. The van der Waals surface area contributed by atoms with Crippen molar-refractivity contribution in [2.45, 2.75) is 13.0 Å². The summed E-state index contributed by atoms with van der Waals surface area (Å²) < 4.78 is 0.710. The maximum absolute atomic E-state index is 12.2. The van der Waals surface area contributed by atoms with Crippen LogP contribution in [0.4, 0.5) is 0 Å². The van der Waals surface area contributed by atoms with Crippen molar-refractivity contribution in [1.29, 1.82) is 5.26 Å². The molecule has 1 aromatic rings. The number of nitriles is 1. The average Bonchev–Trinajstić information content (AvgIpc) is 2.51. The maximum atomic E-state index is 12.2. The summed E-state index contributed by atoms with van der Waals surface area (Å²) in [7, 11) is 0. The van der Waals surface area contributed by atoms with E-state index in [4.69, 9.17) is 0 Å². The van der Waals surface area contributed by atoms with Crippen LogP contribution in [0.2, 0.25) is 0 Å². The Morgan fingerprint density at radius 1 is 1.55 bits per heavy atom. The Kier molecular flexibility index (Phi) is 7.00. The van der Waals surface area contributed by atoms with Gasteiger partial charge in [-0.15, -0.1) is 0 Å². The highest BCUT2D eigenvalue weighted by molar-refractivity contribution is 9.10. The number of nitrogens with zero attached hydrogens (tertiary/aromatic N) is 2. The second-order valence-corrected chi connectivity index (χ2v) is 5.22. The first-order chi connectivity index (χ1) is 10.5. The van der Waals surface area contributed by atoms with Gasteiger partial charge in [-0.3, -0.25) is 9.78 Å². The molecule has 1 atom stereocenters. The molecule has 1 rings (SSSR count). The molecule has 1 N–H and O–H groups in total. The second-order valence-electron chi connectivity index (χ2n) is 4.37. The van der Waals surface area contributed by atoms with E-state index in [0.29, 0.717) is 10.0 Å². The van der Waals surface area contributed by atoms with Crippen molar-refractivity contribution >= 4 is 27.9 Å². The monoisotopic (exact) mass is 357 g/mol. The van der Waals surface area contributed by atoms with E-state index in [-0.39, 0.29) is 11.6 Å². The van der Waals surface area contributed by atoms with E-state index in [9.17, 15) is 10.1 Å². The van der Waals surface area contributed by atoms with Crippen molar-refractivity contribution in [3.05, 3.63) is 71.0 Å². The quantitative estimate of drug-likeness (QED) is 0.480. The number of halogens is 1. The molecule has 0 saturated heterocycles. The fourth-order valence-electron chi connectivity index (χ4n) is 1.69. The van der Waals surface area contributed by atoms with Crippen molar-refractivity contribution in [2.75, 3.05) is 0 Å². The molecule has 112 valence electrons. The normalized spacial score (nSPS) is 13.0. The predicted octanol–water partition coefficient (Wildman–Crippen LogP) is 3.55. The largest absolute Gasteiger partial charge is 0.345 e. The summed E-state index contributed by atoms with van der Waals surface area (Å²) in [5.74, 6) is -0.449. The lowest BCUT2D eigenvalue weighted by Crippen LogP contribution is -2.34. The first kappa shape index (κ1) is 17.6. The van der Waals surface area contributed by atoms with Crippen molar-refractivity contribution < 1.29 is 4.79 Å². The van der Waals surface area contributed by atoms with Gasteiger partial charge < -0.3 is 5.32 Å². The summed E-state index contributed by atoms with van der Waals surface area (Å²) >= 11 is 3.33. The molecular formula is C17H16BrN3O. The van der Waals surface area contributed by atoms with Crippen molar-refractivity contribution in [2.24, 2.45) is 0 Å². The Hall–Kier alpha value is -2.45. The number of nitrogens with one attached hydrogen (secondary N) is 1. The van der Waals surface area contributed by atoms with Crippen LogP contribution in [0.1, 0.15) is 12.5 Å². The molecule has 22 heavy (non-hydrogen) atoms. The number of carbonyl (C=O) groups excluding carboxylic acids is 1. The number of pyridine rings is 1. The van der Waals surface area contributed by atoms with Crippen LogP contribution < -0.4 is 5.32 Å². The van der Waals surface area contributed by atoms with Gasteiger partial charge in [0.15, 0.2) is 0 Å². The third kappa shape index (κ3) is 4.83. The van der Waals surface area contributed by atoms with Crippen LogP contribution in [-0.2, 0) is 4.79 Å². The van der Waals surface area contributed by atoms with Gasteiger partial charge in [0.25, 0.3) is 5.91 Å². The number of allylic oxidation sites excluding steroid dienone is 2. The van der Waals surface area contributed by atoms with Crippen LogP contribution in [0.3, 0.4) is 0 Å². The fourth-order valence-corrected chi connectivity index (χ4v) is 2.05. The first-order valence-electron chi connectivity index (χ1n) is 6.50. The molecule has 0 fully saturated rings. The lowest BCUT2D eigenvalue weighted by atomic mass is 10.1. The summed E-state index contributed by atoms with van der Waals surface area (Å²) in [5, 5.41) is 12.0. The van der Waals surface area contributed by atoms with E-state index < -0.39 is 5.91 Å². The van der Waals surface area contributed by atoms with Crippen LogP contribution in [0.25, 0.3) is 6.08 Å². The van der Waals surface area contributed by atoms with Gasteiger partial charge in [0.05, 0.1) is 6.04 Å². The standard InChI is InChI=1S/C17H16BrN3O/c1-4-6-13(5-2)12(3)21-17(22)15(10-19)9-14-7-8-20-11-16(14)18/h4-9,11-12H,1-2H2,3H3,(H,21,22)/b13-6+,15-9+/t12-/m0/s1. The molecule has 1 aromatic heterocycles. The minimum atomic E-state index is -0.449. The highest BCUT2D eigenvalue weighted by Crippen LogP contribution is 2.18. The molecule has 1 heterocycles. The number of hydrogen-bond donors (Lipinski definition) is 1. The third-order valence-electron chi connectivity index (χ3n) is 2.86. The SMILES string of the molecule is C=C/C=C(\C=C)[C@H](C)NC(=O)/C(C#N)=C/c1ccncc1Br. The summed E-state index contributed by atoms with van der Waals surface area (Å²) in [6.07, 6.45) is 9.72. The second kappa shape index (κ2) is 8.75. The van der Waals surface area contributed by atoms with Crippen LogP contribution in [0.5, 0.6) is 0 Å². The van der Waals surface area contributed by atoms with Gasteiger partial charge in [0.2, 0.25) is 0 Å². The lowest BCUT2D eigenvalue weighted by Gasteiger charge is -2.14. The van der Waals surface area contributed by atoms with Gasteiger partial charge in [-0.05, 0) is 46.1 Å². The summed E-state index contributed by atoms with van der Waals surface area (Å²) in [4.78, 5) is 16.1. The fraction of sp³-hybridized carbons (Fsp3) is 0.118. The number of hydrogen-bond acceptors (Lipinski definition) is 3. The number of carbonyl (C=O) groups is 1. The lowest BCUT2D eigenvalue weighted by molar-refractivity contribution is -0.117. The molecule has 5 heteroatoms. The van der Waals surface area contributed by atoms with E-state index in [1.165, 1.54) is 6.08 Å². The number of aromatic nitrogens is 1. The Bertz CT molecular complexity index is 683. The number of rotatable bonds is 6. The summed E-state index contributed by atoms with van der Waals surface area (Å²) in [5.41, 5.74) is 1.53. The molecule has 0 aliphatic rings. The highest BCUT2D eigenvalue weighted by atomic mass is 79.9. The zero-order valence-electron chi connectivity index (χ0n) is 12.2.